The number of amides is 1. The van der Waals surface area contributed by atoms with Crippen molar-refractivity contribution in [2.75, 3.05) is 0 Å². The molecule has 0 saturated carbocycles. The number of nitrogens with one attached hydrogen (secondary N) is 2. The van der Waals surface area contributed by atoms with Crippen molar-refractivity contribution in [3.05, 3.63) is 29.3 Å². The van der Waals surface area contributed by atoms with Gasteiger partial charge in [-0.1, -0.05) is 6.07 Å². The lowest BCUT2D eigenvalue weighted by atomic mass is 9.97. The Hall–Kier alpha value is -1.40. The van der Waals surface area contributed by atoms with E-state index in [0.717, 1.165) is 0 Å². The number of hydrogen-bond donors (Lipinski definition) is 3. The van der Waals surface area contributed by atoms with Crippen LogP contribution in [0, 0.1) is 4.78 Å². The van der Waals surface area contributed by atoms with Crippen LogP contribution in [0.2, 0.25) is 0 Å². The number of fused-ring (bicyclic) bond motifs is 1. The van der Waals surface area contributed by atoms with E-state index in [-0.39, 0.29) is 10.5 Å². The molecule has 1 aromatic rings. The molecule has 86 valence electrons. The number of rotatable bonds is 1. The van der Waals surface area contributed by atoms with Crippen LogP contribution in [-0.4, -0.2) is 15.2 Å². The zero-order valence-electron chi connectivity index (χ0n) is 8.90. The first-order valence-electron chi connectivity index (χ1n) is 4.69. The molecule has 0 aliphatic carbocycles. The summed E-state index contributed by atoms with van der Waals surface area (Å²) in [6.07, 6.45) is 0. The van der Waals surface area contributed by atoms with Crippen molar-refractivity contribution >= 4 is 15.8 Å². The molecule has 1 heterocycles. The summed E-state index contributed by atoms with van der Waals surface area (Å²) in [6, 6.07) is 4.53. The standard InChI is InChI=1S/C10H12N2O3S/c1-10(2,14)6-3-4-7-8(5-6)16(11,15)12-9(7)13/h3-5,14H,1-2H3,(H2,11,12,13,15). The highest BCUT2D eigenvalue weighted by Gasteiger charge is 2.31. The number of benzene rings is 1. The van der Waals surface area contributed by atoms with Crippen molar-refractivity contribution in [1.29, 1.82) is 4.78 Å². The minimum absolute atomic E-state index is 0.150. The van der Waals surface area contributed by atoms with Crippen LogP contribution in [0.25, 0.3) is 0 Å². The van der Waals surface area contributed by atoms with Crippen molar-refractivity contribution in [2.45, 2.75) is 24.3 Å². The summed E-state index contributed by atoms with van der Waals surface area (Å²) in [5.41, 5.74) is -0.313. The molecular weight excluding hydrogens is 228 g/mol. The average molecular weight is 240 g/mol. The Kier molecular flexibility index (Phi) is 2.12. The van der Waals surface area contributed by atoms with Crippen molar-refractivity contribution in [3.8, 4) is 0 Å². The van der Waals surface area contributed by atoms with E-state index in [1.54, 1.807) is 19.9 Å². The second-order valence-corrected chi connectivity index (χ2v) is 6.01. The number of carbonyl (C=O) groups is 1. The molecule has 0 aromatic heterocycles. The first-order chi connectivity index (χ1) is 7.22. The van der Waals surface area contributed by atoms with Gasteiger partial charge in [0.25, 0.3) is 5.91 Å². The molecule has 1 unspecified atom stereocenters. The van der Waals surface area contributed by atoms with Crippen LogP contribution in [0.1, 0.15) is 29.8 Å². The fraction of sp³-hybridized carbons (Fsp3) is 0.300. The Morgan fingerprint density at radius 2 is 2.06 bits per heavy atom. The molecule has 2 rings (SSSR count). The van der Waals surface area contributed by atoms with Crippen LogP contribution >= 0.6 is 0 Å². The zero-order chi connectivity index (χ0) is 12.1. The first kappa shape index (κ1) is 11.1. The van der Waals surface area contributed by atoms with Crippen LogP contribution in [0.15, 0.2) is 23.1 Å². The lowest BCUT2D eigenvalue weighted by Gasteiger charge is -2.18. The van der Waals surface area contributed by atoms with Crippen LogP contribution in [0.3, 0.4) is 0 Å². The van der Waals surface area contributed by atoms with Gasteiger partial charge in [0.15, 0.2) is 9.92 Å². The van der Waals surface area contributed by atoms with E-state index in [2.05, 4.69) is 4.72 Å². The second kappa shape index (κ2) is 3.05. The van der Waals surface area contributed by atoms with Gasteiger partial charge >= 0.3 is 0 Å². The lowest BCUT2D eigenvalue weighted by molar-refractivity contribution is 0.0782. The van der Waals surface area contributed by atoms with E-state index in [0.29, 0.717) is 5.56 Å². The largest absolute Gasteiger partial charge is 0.386 e. The van der Waals surface area contributed by atoms with Crippen LogP contribution < -0.4 is 4.72 Å². The van der Waals surface area contributed by atoms with Gasteiger partial charge in [-0.15, -0.1) is 0 Å². The maximum absolute atomic E-state index is 11.8. The van der Waals surface area contributed by atoms with Crippen molar-refractivity contribution < 1.29 is 14.1 Å². The minimum Gasteiger partial charge on any atom is -0.386 e. The van der Waals surface area contributed by atoms with E-state index in [4.69, 9.17) is 4.78 Å². The molecule has 1 aliphatic heterocycles. The Labute approximate surface area is 93.6 Å². The Morgan fingerprint density at radius 1 is 1.44 bits per heavy atom. The van der Waals surface area contributed by atoms with Gasteiger partial charge in [0.1, 0.15) is 0 Å². The summed E-state index contributed by atoms with van der Waals surface area (Å²) >= 11 is 0. The fourth-order valence-electron chi connectivity index (χ4n) is 1.57. The maximum atomic E-state index is 11.8. The van der Waals surface area contributed by atoms with Gasteiger partial charge < -0.3 is 5.11 Å². The highest BCUT2D eigenvalue weighted by atomic mass is 32.2. The predicted molar refractivity (Wildman–Crippen MR) is 58.3 cm³/mol. The smallest absolute Gasteiger partial charge is 0.265 e. The van der Waals surface area contributed by atoms with E-state index < -0.39 is 21.4 Å². The monoisotopic (exact) mass is 240 g/mol. The van der Waals surface area contributed by atoms with Crippen molar-refractivity contribution in [1.82, 2.24) is 4.72 Å². The molecule has 3 N–H and O–H groups in total. The molecule has 5 nitrogen and oxygen atoms in total. The minimum atomic E-state index is -3.25. The maximum Gasteiger partial charge on any atom is 0.265 e. The third-order valence-electron chi connectivity index (χ3n) is 2.48. The summed E-state index contributed by atoms with van der Waals surface area (Å²) in [6.45, 7) is 3.18. The fourth-order valence-corrected chi connectivity index (χ4v) is 2.81. The van der Waals surface area contributed by atoms with Gasteiger partial charge in [-0.2, -0.15) is 0 Å². The zero-order valence-corrected chi connectivity index (χ0v) is 9.72. The summed E-state index contributed by atoms with van der Waals surface area (Å²) < 4.78 is 21.4. The molecule has 1 aromatic carbocycles. The molecule has 16 heavy (non-hydrogen) atoms. The number of hydrogen-bond acceptors (Lipinski definition) is 4. The topological polar surface area (TPSA) is 90.2 Å². The molecule has 6 heteroatoms. The summed E-state index contributed by atoms with van der Waals surface area (Å²) in [7, 11) is -3.25. The molecule has 0 spiro atoms. The molecular formula is C10H12N2O3S. The molecule has 1 amide bonds. The van der Waals surface area contributed by atoms with E-state index in [9.17, 15) is 14.1 Å². The predicted octanol–water partition coefficient (Wildman–Crippen LogP) is 0.978. The summed E-state index contributed by atoms with van der Waals surface area (Å²) in [5, 5.41) is 9.80. The number of aliphatic hydroxyl groups is 1. The van der Waals surface area contributed by atoms with Gasteiger partial charge in [0, 0.05) is 0 Å². The van der Waals surface area contributed by atoms with E-state index in [1.807, 2.05) is 0 Å². The van der Waals surface area contributed by atoms with Crippen LogP contribution in [0.4, 0.5) is 0 Å². The Morgan fingerprint density at radius 3 is 2.62 bits per heavy atom. The second-order valence-electron chi connectivity index (χ2n) is 4.26. The summed E-state index contributed by atoms with van der Waals surface area (Å²) in [5.74, 6) is -0.503. The van der Waals surface area contributed by atoms with Gasteiger partial charge in [0.05, 0.1) is 16.1 Å². The number of carbonyl (C=O) groups excluding carboxylic acids is 1. The Balaban J connectivity index is 2.69. The molecule has 1 aliphatic rings. The van der Waals surface area contributed by atoms with Gasteiger partial charge in [-0.3, -0.25) is 9.52 Å². The van der Waals surface area contributed by atoms with Crippen molar-refractivity contribution in [3.63, 3.8) is 0 Å². The normalized spacial score (nSPS) is 24.1. The quantitative estimate of drug-likeness (QED) is 0.683. The van der Waals surface area contributed by atoms with Gasteiger partial charge in [-0.05, 0) is 31.5 Å². The average Bonchev–Trinajstić information content (AvgIpc) is 2.36. The molecule has 0 bridgehead atoms. The molecule has 0 radical (unpaired) electrons. The molecule has 0 saturated heterocycles. The Bertz CT molecular complexity index is 570. The lowest BCUT2D eigenvalue weighted by Crippen LogP contribution is -2.19. The molecule has 1 atom stereocenters. The third kappa shape index (κ3) is 1.60. The van der Waals surface area contributed by atoms with Crippen molar-refractivity contribution in [2.24, 2.45) is 0 Å². The van der Waals surface area contributed by atoms with Crippen LogP contribution in [-0.2, 0) is 15.5 Å². The van der Waals surface area contributed by atoms with Gasteiger partial charge in [-0.25, -0.2) is 8.99 Å². The van der Waals surface area contributed by atoms with Gasteiger partial charge in [0.2, 0.25) is 0 Å². The highest BCUT2D eigenvalue weighted by molar-refractivity contribution is 7.91. The van der Waals surface area contributed by atoms with E-state index in [1.165, 1.54) is 12.1 Å². The third-order valence-corrected chi connectivity index (χ3v) is 3.91. The van der Waals surface area contributed by atoms with Crippen LogP contribution in [0.5, 0.6) is 0 Å². The molecule has 0 fully saturated rings. The first-order valence-corrected chi connectivity index (χ1v) is 6.25. The highest BCUT2D eigenvalue weighted by Crippen LogP contribution is 2.28. The summed E-state index contributed by atoms with van der Waals surface area (Å²) in [4.78, 5) is 11.5. The van der Waals surface area contributed by atoms with E-state index >= 15 is 0 Å². The SMILES string of the molecule is CC(C)(O)c1ccc2c(c1)S(=N)(=O)NC2=O.